The second-order valence-corrected chi connectivity index (χ2v) is 7.48. The van der Waals surface area contributed by atoms with Crippen LogP contribution < -0.4 is 5.32 Å². The lowest BCUT2D eigenvalue weighted by Gasteiger charge is -2.13. The SMILES string of the molecule is O=C(N[C@H](Cc1nc2ccc(F)cc2[nH]1)C(=O)O)c1cccc(-c2nc3ccccc3o2)c1. The van der Waals surface area contributed by atoms with Crippen molar-refractivity contribution in [2.75, 3.05) is 0 Å². The number of amides is 1. The Morgan fingerprint density at radius 3 is 2.70 bits per heavy atom. The fourth-order valence-electron chi connectivity index (χ4n) is 3.56. The van der Waals surface area contributed by atoms with E-state index in [-0.39, 0.29) is 12.0 Å². The van der Waals surface area contributed by atoms with Gasteiger partial charge >= 0.3 is 5.97 Å². The summed E-state index contributed by atoms with van der Waals surface area (Å²) in [6, 6.07) is 16.7. The van der Waals surface area contributed by atoms with E-state index in [4.69, 9.17) is 4.42 Å². The smallest absolute Gasteiger partial charge is 0.326 e. The van der Waals surface area contributed by atoms with Crippen LogP contribution in [0.1, 0.15) is 16.2 Å². The standard InChI is InChI=1S/C24H17FN4O4/c25-15-8-9-16-18(11-15)27-21(26-16)12-19(24(31)32)28-22(30)13-4-3-5-14(10-13)23-29-17-6-1-2-7-20(17)33-23/h1-11,19H,12H2,(H,26,27)(H,28,30)(H,31,32)/t19-/m1/s1. The van der Waals surface area contributed by atoms with Crippen LogP contribution in [0, 0.1) is 5.82 Å². The second-order valence-electron chi connectivity index (χ2n) is 7.48. The molecule has 3 N–H and O–H groups in total. The van der Waals surface area contributed by atoms with Gasteiger partial charge in [0.05, 0.1) is 11.0 Å². The van der Waals surface area contributed by atoms with E-state index in [1.165, 1.54) is 18.2 Å². The van der Waals surface area contributed by atoms with Gasteiger partial charge in [0.25, 0.3) is 5.91 Å². The van der Waals surface area contributed by atoms with Crippen molar-refractivity contribution >= 4 is 34.0 Å². The zero-order valence-corrected chi connectivity index (χ0v) is 17.1. The van der Waals surface area contributed by atoms with Crippen molar-refractivity contribution in [3.8, 4) is 11.5 Å². The number of fused-ring (bicyclic) bond motifs is 2. The van der Waals surface area contributed by atoms with Gasteiger partial charge in [-0.05, 0) is 48.5 Å². The number of nitrogens with one attached hydrogen (secondary N) is 2. The third-order valence-corrected chi connectivity index (χ3v) is 5.16. The molecule has 0 spiro atoms. The monoisotopic (exact) mass is 444 g/mol. The van der Waals surface area contributed by atoms with Crippen LogP contribution in [-0.2, 0) is 11.2 Å². The number of carboxylic acid groups (broad SMARTS) is 1. The largest absolute Gasteiger partial charge is 0.480 e. The Morgan fingerprint density at radius 1 is 1.03 bits per heavy atom. The highest BCUT2D eigenvalue weighted by Gasteiger charge is 2.23. The van der Waals surface area contributed by atoms with Gasteiger partial charge in [0.2, 0.25) is 5.89 Å². The number of nitrogens with zero attached hydrogens (tertiary/aromatic N) is 2. The summed E-state index contributed by atoms with van der Waals surface area (Å²) in [6.07, 6.45) is -0.0950. The molecular weight excluding hydrogens is 427 g/mol. The molecule has 0 aliphatic heterocycles. The number of para-hydroxylation sites is 2. The number of rotatable bonds is 6. The Bertz CT molecular complexity index is 1470. The molecule has 1 amide bonds. The second kappa shape index (κ2) is 8.19. The molecule has 1 atom stereocenters. The van der Waals surface area contributed by atoms with Crippen LogP contribution in [0.3, 0.4) is 0 Å². The Kier molecular flexibility index (Phi) is 5.06. The number of carboxylic acids is 1. The molecule has 33 heavy (non-hydrogen) atoms. The molecule has 0 aliphatic carbocycles. The third kappa shape index (κ3) is 4.16. The van der Waals surface area contributed by atoms with Crippen molar-refractivity contribution in [1.82, 2.24) is 20.3 Å². The third-order valence-electron chi connectivity index (χ3n) is 5.16. The lowest BCUT2D eigenvalue weighted by atomic mass is 10.1. The number of aromatic amines is 1. The number of aliphatic carboxylic acids is 1. The van der Waals surface area contributed by atoms with Crippen LogP contribution in [0.15, 0.2) is 71.1 Å². The minimum absolute atomic E-state index is 0.0950. The topological polar surface area (TPSA) is 121 Å². The first-order valence-electron chi connectivity index (χ1n) is 10.1. The predicted octanol–water partition coefficient (Wildman–Crippen LogP) is 3.94. The van der Waals surface area contributed by atoms with Gasteiger partial charge in [-0.25, -0.2) is 19.2 Å². The number of halogens is 1. The molecule has 9 heteroatoms. The summed E-state index contributed by atoms with van der Waals surface area (Å²) >= 11 is 0. The Balaban J connectivity index is 1.36. The molecule has 0 bridgehead atoms. The number of carbonyl (C=O) groups excluding carboxylic acids is 1. The van der Waals surface area contributed by atoms with Crippen molar-refractivity contribution < 1.29 is 23.5 Å². The number of carbonyl (C=O) groups is 2. The first-order chi connectivity index (χ1) is 16.0. The van der Waals surface area contributed by atoms with Gasteiger partial charge in [-0.2, -0.15) is 0 Å². The molecule has 0 aliphatic rings. The van der Waals surface area contributed by atoms with E-state index in [0.29, 0.717) is 39.4 Å². The van der Waals surface area contributed by atoms with E-state index >= 15 is 0 Å². The van der Waals surface area contributed by atoms with Crippen LogP contribution in [0.2, 0.25) is 0 Å². The quantitative estimate of drug-likeness (QED) is 0.365. The molecule has 2 aromatic heterocycles. The summed E-state index contributed by atoms with van der Waals surface area (Å²) in [6.45, 7) is 0. The van der Waals surface area contributed by atoms with Crippen LogP contribution in [0.25, 0.3) is 33.6 Å². The summed E-state index contributed by atoms with van der Waals surface area (Å²) in [7, 11) is 0. The molecule has 5 aromatic rings. The van der Waals surface area contributed by atoms with Gasteiger partial charge in [-0.15, -0.1) is 0 Å². The predicted molar refractivity (Wildman–Crippen MR) is 118 cm³/mol. The summed E-state index contributed by atoms with van der Waals surface area (Å²) in [5.41, 5.74) is 3.12. The number of aromatic nitrogens is 3. The number of imidazole rings is 1. The van der Waals surface area contributed by atoms with Gasteiger partial charge in [0.1, 0.15) is 23.2 Å². The Labute approximate surface area is 186 Å². The Morgan fingerprint density at radius 2 is 1.88 bits per heavy atom. The van der Waals surface area contributed by atoms with Gasteiger partial charge < -0.3 is 19.8 Å². The van der Waals surface area contributed by atoms with Gasteiger partial charge in [-0.1, -0.05) is 18.2 Å². The number of hydrogen-bond donors (Lipinski definition) is 3. The summed E-state index contributed by atoms with van der Waals surface area (Å²) in [4.78, 5) is 36.2. The highest BCUT2D eigenvalue weighted by molar-refractivity contribution is 5.97. The fourth-order valence-corrected chi connectivity index (χ4v) is 3.56. The Hall–Kier alpha value is -4.53. The summed E-state index contributed by atoms with van der Waals surface area (Å²) in [5.74, 6) is -1.54. The van der Waals surface area contributed by atoms with E-state index in [1.54, 1.807) is 30.3 Å². The number of H-pyrrole nitrogens is 1. The fraction of sp³-hybridized carbons (Fsp3) is 0.0833. The first-order valence-corrected chi connectivity index (χ1v) is 10.1. The number of benzene rings is 3. The van der Waals surface area contributed by atoms with E-state index in [9.17, 15) is 19.1 Å². The van der Waals surface area contributed by atoms with E-state index in [0.717, 1.165) is 0 Å². The highest BCUT2D eigenvalue weighted by atomic mass is 19.1. The minimum Gasteiger partial charge on any atom is -0.480 e. The van der Waals surface area contributed by atoms with E-state index in [1.807, 2.05) is 18.2 Å². The van der Waals surface area contributed by atoms with Crippen molar-refractivity contribution in [3.63, 3.8) is 0 Å². The summed E-state index contributed by atoms with van der Waals surface area (Å²) in [5, 5.41) is 12.1. The van der Waals surface area contributed by atoms with Crippen LogP contribution >= 0.6 is 0 Å². The molecule has 0 saturated heterocycles. The van der Waals surface area contributed by atoms with E-state index < -0.39 is 23.7 Å². The van der Waals surface area contributed by atoms with Gasteiger partial charge in [0, 0.05) is 17.5 Å². The molecule has 0 unspecified atom stereocenters. The van der Waals surface area contributed by atoms with Crippen molar-refractivity contribution in [1.29, 1.82) is 0 Å². The lowest BCUT2D eigenvalue weighted by Crippen LogP contribution is -2.42. The molecule has 0 fully saturated rings. The maximum atomic E-state index is 13.4. The van der Waals surface area contributed by atoms with Crippen molar-refractivity contribution in [3.05, 3.63) is 83.9 Å². The van der Waals surface area contributed by atoms with Crippen molar-refractivity contribution in [2.45, 2.75) is 12.5 Å². The molecule has 3 aromatic carbocycles. The zero-order chi connectivity index (χ0) is 22.9. The van der Waals surface area contributed by atoms with Crippen LogP contribution in [-0.4, -0.2) is 38.0 Å². The molecule has 164 valence electrons. The highest BCUT2D eigenvalue weighted by Crippen LogP contribution is 2.24. The molecule has 0 saturated carbocycles. The molecule has 2 heterocycles. The maximum Gasteiger partial charge on any atom is 0.326 e. The summed E-state index contributed by atoms with van der Waals surface area (Å²) < 4.78 is 19.2. The minimum atomic E-state index is -1.24. The molecule has 5 rings (SSSR count). The number of hydrogen-bond acceptors (Lipinski definition) is 5. The van der Waals surface area contributed by atoms with Crippen molar-refractivity contribution in [2.24, 2.45) is 0 Å². The number of oxazole rings is 1. The average Bonchev–Trinajstić information content (AvgIpc) is 3.42. The van der Waals surface area contributed by atoms with E-state index in [2.05, 4.69) is 20.3 Å². The van der Waals surface area contributed by atoms with Gasteiger partial charge in [-0.3, -0.25) is 4.79 Å². The average molecular weight is 444 g/mol. The zero-order valence-electron chi connectivity index (χ0n) is 17.1. The van der Waals surface area contributed by atoms with Crippen LogP contribution in [0.4, 0.5) is 4.39 Å². The van der Waals surface area contributed by atoms with Crippen LogP contribution in [0.5, 0.6) is 0 Å². The first kappa shape index (κ1) is 20.4. The molecule has 0 radical (unpaired) electrons. The lowest BCUT2D eigenvalue weighted by molar-refractivity contribution is -0.139. The van der Waals surface area contributed by atoms with Gasteiger partial charge in [0.15, 0.2) is 5.58 Å². The maximum absolute atomic E-state index is 13.4. The normalized spacial score (nSPS) is 12.2. The molecular formula is C24H17FN4O4. The molecule has 8 nitrogen and oxygen atoms in total.